The van der Waals surface area contributed by atoms with E-state index in [0.717, 1.165) is 0 Å². The minimum atomic E-state index is -0.982. The quantitative estimate of drug-likeness (QED) is 0.506. The van der Waals surface area contributed by atoms with Crippen molar-refractivity contribution in [2.45, 2.75) is 12.1 Å². The van der Waals surface area contributed by atoms with Gasteiger partial charge in [-0.2, -0.15) is 5.26 Å². The number of nitrogens with zero attached hydrogens (tertiary/aromatic N) is 1. The summed E-state index contributed by atoms with van der Waals surface area (Å²) in [5, 5.41) is 19.5. The molecule has 0 aliphatic carbocycles. The van der Waals surface area contributed by atoms with E-state index in [1.807, 2.05) is 6.07 Å². The molecule has 0 spiro atoms. The van der Waals surface area contributed by atoms with Crippen molar-refractivity contribution in [1.82, 2.24) is 5.32 Å². The van der Waals surface area contributed by atoms with Gasteiger partial charge in [-0.15, -0.1) is 0 Å². The van der Waals surface area contributed by atoms with E-state index in [4.69, 9.17) is 15.1 Å². The topological polar surface area (TPSA) is 82.3 Å². The highest BCUT2D eigenvalue weighted by molar-refractivity contribution is 5.73. The molecule has 0 saturated carbocycles. The number of nitriles is 1. The van der Waals surface area contributed by atoms with Crippen molar-refractivity contribution >= 4 is 5.97 Å². The molecule has 0 aromatic rings. The maximum Gasteiger partial charge on any atom is 0.323 e. The molecule has 11 heavy (non-hydrogen) atoms. The molecule has 2 atom stereocenters. The van der Waals surface area contributed by atoms with Crippen LogP contribution in [0.25, 0.3) is 0 Å². The van der Waals surface area contributed by atoms with Gasteiger partial charge in [0, 0.05) is 0 Å². The first-order chi connectivity index (χ1) is 5.24. The van der Waals surface area contributed by atoms with Gasteiger partial charge in [0.05, 0.1) is 19.3 Å². The predicted octanol–water partition coefficient (Wildman–Crippen LogP) is -1.05. The second-order valence-electron chi connectivity index (χ2n) is 2.28. The fraction of sp³-hybridized carbons (Fsp3) is 0.667. The third kappa shape index (κ3) is 1.90. The Bertz CT molecular complexity index is 198. The first-order valence-electron chi connectivity index (χ1n) is 3.20. The van der Waals surface area contributed by atoms with Crippen molar-refractivity contribution in [3.8, 4) is 6.07 Å². The molecule has 1 rings (SSSR count). The highest BCUT2D eigenvalue weighted by Gasteiger charge is 2.26. The van der Waals surface area contributed by atoms with E-state index in [0.29, 0.717) is 0 Å². The first kappa shape index (κ1) is 7.98. The zero-order valence-electron chi connectivity index (χ0n) is 5.78. The standard InChI is InChI=1S/C6H8N2O3/c7-1-4-2-11-3-5(8-4)6(9)10/h4-5,8H,2-3H2,(H,9,10). The molecule has 5 heteroatoms. The van der Waals surface area contributed by atoms with E-state index in [1.54, 1.807) is 0 Å². The number of rotatable bonds is 1. The van der Waals surface area contributed by atoms with Crippen LogP contribution in [0, 0.1) is 11.3 Å². The zero-order valence-corrected chi connectivity index (χ0v) is 5.78. The highest BCUT2D eigenvalue weighted by atomic mass is 16.5. The van der Waals surface area contributed by atoms with Gasteiger partial charge in [0.2, 0.25) is 0 Å². The van der Waals surface area contributed by atoms with Gasteiger partial charge in [-0.25, -0.2) is 0 Å². The molecule has 0 aromatic heterocycles. The smallest absolute Gasteiger partial charge is 0.323 e. The Morgan fingerprint density at radius 3 is 3.00 bits per heavy atom. The molecule has 1 fully saturated rings. The fourth-order valence-electron chi connectivity index (χ4n) is 0.860. The van der Waals surface area contributed by atoms with Crippen molar-refractivity contribution in [3.05, 3.63) is 0 Å². The lowest BCUT2D eigenvalue weighted by molar-refractivity contribution is -0.142. The van der Waals surface area contributed by atoms with Crippen LogP contribution in [-0.2, 0) is 9.53 Å². The second kappa shape index (κ2) is 3.32. The molecule has 0 amide bonds. The largest absolute Gasteiger partial charge is 0.480 e. The van der Waals surface area contributed by atoms with Crippen molar-refractivity contribution in [3.63, 3.8) is 0 Å². The normalized spacial score (nSPS) is 30.8. The van der Waals surface area contributed by atoms with Gasteiger partial charge in [-0.3, -0.25) is 10.1 Å². The van der Waals surface area contributed by atoms with E-state index in [-0.39, 0.29) is 13.2 Å². The van der Waals surface area contributed by atoms with Gasteiger partial charge in [-0.1, -0.05) is 0 Å². The van der Waals surface area contributed by atoms with Gasteiger partial charge >= 0.3 is 5.97 Å². The van der Waals surface area contributed by atoms with Crippen LogP contribution in [0.1, 0.15) is 0 Å². The lowest BCUT2D eigenvalue weighted by Crippen LogP contribution is -2.51. The number of nitrogens with one attached hydrogen (secondary N) is 1. The average molecular weight is 156 g/mol. The summed E-state index contributed by atoms with van der Waals surface area (Å²) in [4.78, 5) is 10.4. The molecule has 1 aliphatic rings. The Hall–Kier alpha value is -1.12. The molecule has 0 bridgehead atoms. The van der Waals surface area contributed by atoms with Gasteiger partial charge in [-0.05, 0) is 0 Å². The van der Waals surface area contributed by atoms with Crippen LogP contribution in [0.4, 0.5) is 0 Å². The highest BCUT2D eigenvalue weighted by Crippen LogP contribution is 1.98. The van der Waals surface area contributed by atoms with Crippen LogP contribution in [0.2, 0.25) is 0 Å². The number of carboxylic acid groups (broad SMARTS) is 1. The van der Waals surface area contributed by atoms with Crippen LogP contribution in [0.15, 0.2) is 0 Å². The number of hydrogen-bond donors (Lipinski definition) is 2. The Morgan fingerprint density at radius 1 is 1.73 bits per heavy atom. The van der Waals surface area contributed by atoms with Crippen LogP contribution in [-0.4, -0.2) is 36.4 Å². The summed E-state index contributed by atoms with van der Waals surface area (Å²) >= 11 is 0. The number of hydrogen-bond acceptors (Lipinski definition) is 4. The monoisotopic (exact) mass is 156 g/mol. The maximum atomic E-state index is 10.4. The molecule has 60 valence electrons. The Morgan fingerprint density at radius 2 is 2.45 bits per heavy atom. The summed E-state index contributed by atoms with van der Waals surface area (Å²) in [5.74, 6) is -0.982. The molecule has 1 heterocycles. The molecular weight excluding hydrogens is 148 g/mol. The van der Waals surface area contributed by atoms with E-state index >= 15 is 0 Å². The molecule has 2 unspecified atom stereocenters. The zero-order chi connectivity index (χ0) is 8.27. The molecule has 0 aromatic carbocycles. The van der Waals surface area contributed by atoms with E-state index < -0.39 is 18.1 Å². The van der Waals surface area contributed by atoms with Crippen LogP contribution >= 0.6 is 0 Å². The summed E-state index contributed by atoms with van der Waals surface area (Å²) in [7, 11) is 0. The molecule has 1 saturated heterocycles. The van der Waals surface area contributed by atoms with E-state index in [9.17, 15) is 4.79 Å². The summed E-state index contributed by atoms with van der Waals surface area (Å²) in [6.07, 6.45) is 0. The molecule has 5 nitrogen and oxygen atoms in total. The summed E-state index contributed by atoms with van der Waals surface area (Å²) in [6.45, 7) is 0.397. The van der Waals surface area contributed by atoms with Crippen molar-refractivity contribution in [2.24, 2.45) is 0 Å². The summed E-state index contributed by atoms with van der Waals surface area (Å²) in [5.41, 5.74) is 0. The van der Waals surface area contributed by atoms with Crippen molar-refractivity contribution in [2.75, 3.05) is 13.2 Å². The molecular formula is C6H8N2O3. The van der Waals surface area contributed by atoms with Crippen molar-refractivity contribution in [1.29, 1.82) is 5.26 Å². The number of ether oxygens (including phenoxy) is 1. The SMILES string of the molecule is N#CC1COCC(C(=O)O)N1. The first-order valence-corrected chi connectivity index (χ1v) is 3.20. The Kier molecular flexibility index (Phi) is 2.41. The van der Waals surface area contributed by atoms with Gasteiger partial charge in [0.1, 0.15) is 12.1 Å². The second-order valence-corrected chi connectivity index (χ2v) is 2.28. The number of morpholine rings is 1. The average Bonchev–Trinajstić information content (AvgIpc) is 2.05. The van der Waals surface area contributed by atoms with Crippen LogP contribution < -0.4 is 5.32 Å². The molecule has 0 radical (unpaired) electrons. The summed E-state index contributed by atoms with van der Waals surface area (Å²) < 4.78 is 4.88. The van der Waals surface area contributed by atoms with Crippen LogP contribution in [0.5, 0.6) is 0 Å². The number of carboxylic acids is 1. The number of carbonyl (C=O) groups is 1. The van der Waals surface area contributed by atoms with Gasteiger partial charge in [0.15, 0.2) is 0 Å². The Balaban J connectivity index is 2.47. The minimum absolute atomic E-state index is 0.132. The van der Waals surface area contributed by atoms with Crippen molar-refractivity contribution < 1.29 is 14.6 Å². The third-order valence-corrected chi connectivity index (χ3v) is 1.43. The van der Waals surface area contributed by atoms with Crippen LogP contribution in [0.3, 0.4) is 0 Å². The van der Waals surface area contributed by atoms with E-state index in [1.165, 1.54) is 0 Å². The lowest BCUT2D eigenvalue weighted by Gasteiger charge is -2.23. The fourth-order valence-corrected chi connectivity index (χ4v) is 0.860. The van der Waals surface area contributed by atoms with Gasteiger partial charge in [0.25, 0.3) is 0 Å². The predicted molar refractivity (Wildman–Crippen MR) is 34.8 cm³/mol. The minimum Gasteiger partial charge on any atom is -0.480 e. The number of aliphatic carboxylic acids is 1. The Labute approximate surface area is 63.6 Å². The van der Waals surface area contributed by atoms with E-state index in [2.05, 4.69) is 5.32 Å². The molecule has 1 aliphatic heterocycles. The maximum absolute atomic E-state index is 10.4. The molecule has 2 N–H and O–H groups in total. The lowest BCUT2D eigenvalue weighted by atomic mass is 10.2. The van der Waals surface area contributed by atoms with Gasteiger partial charge < -0.3 is 9.84 Å². The third-order valence-electron chi connectivity index (χ3n) is 1.43. The summed E-state index contributed by atoms with van der Waals surface area (Å²) in [6, 6.07) is 0.652.